The third-order valence-corrected chi connectivity index (χ3v) is 5.39. The molecule has 144 valence electrons. The summed E-state index contributed by atoms with van der Waals surface area (Å²) in [6.07, 6.45) is 0. The summed E-state index contributed by atoms with van der Waals surface area (Å²) in [5.74, 6) is -1.87. The molecule has 0 saturated heterocycles. The number of aromatic amines is 1. The summed E-state index contributed by atoms with van der Waals surface area (Å²) in [7, 11) is 2.42. The number of anilines is 1. The summed E-state index contributed by atoms with van der Waals surface area (Å²) < 4.78 is 9.40. The van der Waals surface area contributed by atoms with Crippen LogP contribution in [0.5, 0.6) is 0 Å². The van der Waals surface area contributed by atoms with Crippen molar-refractivity contribution in [1.29, 1.82) is 0 Å². The minimum absolute atomic E-state index is 0.0878. The van der Waals surface area contributed by atoms with Gasteiger partial charge < -0.3 is 14.8 Å². The van der Waals surface area contributed by atoms with Gasteiger partial charge in [0.2, 0.25) is 5.91 Å². The van der Waals surface area contributed by atoms with Crippen LogP contribution >= 0.6 is 23.1 Å². The Morgan fingerprint density at radius 2 is 1.81 bits per heavy atom. The van der Waals surface area contributed by atoms with Crippen LogP contribution in [0.15, 0.2) is 9.95 Å². The van der Waals surface area contributed by atoms with Crippen molar-refractivity contribution < 1.29 is 23.9 Å². The maximum Gasteiger partial charge on any atom is 0.348 e. The van der Waals surface area contributed by atoms with Crippen LogP contribution in [0.25, 0.3) is 0 Å². The molecule has 0 bridgehead atoms. The highest BCUT2D eigenvalue weighted by molar-refractivity contribution is 7.99. The van der Waals surface area contributed by atoms with Gasteiger partial charge in [0, 0.05) is 0 Å². The number of methoxy groups -OCH3 is 2. The second kappa shape index (κ2) is 8.77. The van der Waals surface area contributed by atoms with Gasteiger partial charge in [0.15, 0.2) is 5.16 Å². The molecule has 0 aliphatic carbocycles. The Morgan fingerprint density at radius 3 is 2.41 bits per heavy atom. The van der Waals surface area contributed by atoms with Gasteiger partial charge in [0.05, 0.1) is 25.5 Å². The SMILES string of the molecule is COC(=O)c1sc(NC(=O)CSc2nnc(C)c(=O)[nH]2)c(C(=O)OC)c1C. The molecule has 1 amide bonds. The number of thiophene rings is 1. The molecule has 0 aliphatic rings. The van der Waals surface area contributed by atoms with Gasteiger partial charge in [-0.05, 0) is 19.4 Å². The predicted molar refractivity (Wildman–Crippen MR) is 98.5 cm³/mol. The maximum atomic E-state index is 12.2. The fourth-order valence-corrected chi connectivity index (χ4v) is 3.71. The van der Waals surface area contributed by atoms with Gasteiger partial charge in [-0.1, -0.05) is 11.8 Å². The monoisotopic (exact) mass is 412 g/mol. The number of nitrogens with zero attached hydrogens (tertiary/aromatic N) is 2. The van der Waals surface area contributed by atoms with E-state index in [1.54, 1.807) is 6.92 Å². The third kappa shape index (κ3) is 4.71. The maximum absolute atomic E-state index is 12.2. The van der Waals surface area contributed by atoms with Gasteiger partial charge in [0.25, 0.3) is 5.56 Å². The van der Waals surface area contributed by atoms with Crippen molar-refractivity contribution in [3.8, 4) is 0 Å². The Bertz CT molecular complexity index is 952. The van der Waals surface area contributed by atoms with Crippen molar-refractivity contribution in [3.05, 3.63) is 32.1 Å². The number of hydrogen-bond donors (Lipinski definition) is 2. The van der Waals surface area contributed by atoms with E-state index in [4.69, 9.17) is 4.74 Å². The van der Waals surface area contributed by atoms with Gasteiger partial charge in [-0.3, -0.25) is 14.6 Å². The summed E-state index contributed by atoms with van der Waals surface area (Å²) in [6, 6.07) is 0. The van der Waals surface area contributed by atoms with Crippen molar-refractivity contribution in [2.45, 2.75) is 19.0 Å². The molecule has 0 saturated carbocycles. The number of carbonyl (C=O) groups excluding carboxylic acids is 3. The molecular formula is C15H16N4O6S2. The van der Waals surface area contributed by atoms with Gasteiger partial charge in [0.1, 0.15) is 15.6 Å². The zero-order chi connectivity index (χ0) is 20.1. The van der Waals surface area contributed by atoms with Gasteiger partial charge in [-0.15, -0.1) is 21.5 Å². The van der Waals surface area contributed by atoms with Gasteiger partial charge >= 0.3 is 11.9 Å². The first-order valence-electron chi connectivity index (χ1n) is 7.44. The van der Waals surface area contributed by atoms with E-state index in [1.807, 2.05) is 0 Å². The number of esters is 2. The minimum Gasteiger partial charge on any atom is -0.465 e. The van der Waals surface area contributed by atoms with Crippen LogP contribution in [-0.4, -0.2) is 53.0 Å². The molecule has 2 N–H and O–H groups in total. The molecule has 27 heavy (non-hydrogen) atoms. The molecule has 0 radical (unpaired) electrons. The normalized spacial score (nSPS) is 10.4. The average molecular weight is 412 g/mol. The Hall–Kier alpha value is -2.73. The number of carbonyl (C=O) groups is 3. The minimum atomic E-state index is -0.685. The van der Waals surface area contributed by atoms with E-state index < -0.39 is 23.4 Å². The Labute approximate surface area is 161 Å². The summed E-state index contributed by atoms with van der Waals surface area (Å²) in [4.78, 5) is 50.3. The number of amides is 1. The van der Waals surface area contributed by atoms with E-state index in [0.717, 1.165) is 23.1 Å². The second-order valence-electron chi connectivity index (χ2n) is 5.13. The summed E-state index contributed by atoms with van der Waals surface area (Å²) in [5.41, 5.74) is 0.272. The van der Waals surface area contributed by atoms with Crippen LogP contribution in [0, 0.1) is 13.8 Å². The molecule has 2 aromatic heterocycles. The van der Waals surface area contributed by atoms with Crippen LogP contribution < -0.4 is 10.9 Å². The molecule has 0 unspecified atom stereocenters. The highest BCUT2D eigenvalue weighted by Crippen LogP contribution is 2.34. The van der Waals surface area contributed by atoms with Crippen LogP contribution in [0.2, 0.25) is 0 Å². The van der Waals surface area contributed by atoms with Crippen molar-refractivity contribution >= 4 is 45.9 Å². The summed E-state index contributed by atoms with van der Waals surface area (Å²) in [6.45, 7) is 3.07. The standard InChI is InChI=1S/C15H16N4O6S2/c1-6-9(13(22)24-3)12(27-10(6)14(23)25-4)16-8(20)5-26-15-17-11(21)7(2)18-19-15/h5H2,1-4H3,(H,16,20)(H,17,19,21). The number of nitrogens with one attached hydrogen (secondary N) is 2. The number of thioether (sulfide) groups is 1. The number of rotatable bonds is 6. The van der Waals surface area contributed by atoms with E-state index in [9.17, 15) is 19.2 Å². The average Bonchev–Trinajstić information content (AvgIpc) is 2.97. The van der Waals surface area contributed by atoms with E-state index in [-0.39, 0.29) is 32.0 Å². The van der Waals surface area contributed by atoms with Crippen LogP contribution in [-0.2, 0) is 14.3 Å². The molecule has 2 rings (SSSR count). The quantitative estimate of drug-likeness (QED) is 0.528. The van der Waals surface area contributed by atoms with Crippen LogP contribution in [0.4, 0.5) is 5.00 Å². The lowest BCUT2D eigenvalue weighted by Gasteiger charge is -2.05. The Balaban J connectivity index is 2.18. The third-order valence-electron chi connectivity index (χ3n) is 3.34. The first-order chi connectivity index (χ1) is 12.8. The molecule has 12 heteroatoms. The predicted octanol–water partition coefficient (Wildman–Crippen LogP) is 1.15. The molecule has 0 aliphatic heterocycles. The smallest absolute Gasteiger partial charge is 0.348 e. The number of H-pyrrole nitrogens is 1. The molecule has 0 atom stereocenters. The number of aryl methyl sites for hydroxylation is 1. The first kappa shape index (κ1) is 20.6. The highest BCUT2D eigenvalue weighted by Gasteiger charge is 2.26. The summed E-state index contributed by atoms with van der Waals surface area (Å²) in [5, 5.41) is 10.4. The van der Waals surface area contributed by atoms with E-state index in [2.05, 4.69) is 25.2 Å². The highest BCUT2D eigenvalue weighted by atomic mass is 32.2. The second-order valence-corrected chi connectivity index (χ2v) is 7.11. The molecule has 0 aromatic carbocycles. The van der Waals surface area contributed by atoms with Crippen molar-refractivity contribution in [2.75, 3.05) is 25.3 Å². The topological polar surface area (TPSA) is 140 Å². The van der Waals surface area contributed by atoms with Crippen LogP contribution in [0.1, 0.15) is 31.3 Å². The number of ether oxygens (including phenoxy) is 2. The van der Waals surface area contributed by atoms with Gasteiger partial charge in [-0.2, -0.15) is 0 Å². The van der Waals surface area contributed by atoms with Crippen molar-refractivity contribution in [1.82, 2.24) is 15.2 Å². The molecular weight excluding hydrogens is 396 g/mol. The number of aromatic nitrogens is 3. The fourth-order valence-electron chi connectivity index (χ4n) is 1.98. The molecule has 0 fully saturated rings. The summed E-state index contributed by atoms with van der Waals surface area (Å²) >= 11 is 1.88. The largest absolute Gasteiger partial charge is 0.465 e. The fraction of sp³-hybridized carbons (Fsp3) is 0.333. The Kier molecular flexibility index (Phi) is 6.69. The number of hydrogen-bond acceptors (Lipinski definition) is 10. The molecule has 2 heterocycles. The lowest BCUT2D eigenvalue weighted by molar-refractivity contribution is -0.113. The lowest BCUT2D eigenvalue weighted by Crippen LogP contribution is -2.18. The van der Waals surface area contributed by atoms with E-state index in [0.29, 0.717) is 5.56 Å². The lowest BCUT2D eigenvalue weighted by atomic mass is 10.1. The zero-order valence-corrected chi connectivity index (χ0v) is 16.5. The van der Waals surface area contributed by atoms with E-state index in [1.165, 1.54) is 21.1 Å². The van der Waals surface area contributed by atoms with Crippen molar-refractivity contribution in [2.24, 2.45) is 0 Å². The molecule has 2 aromatic rings. The van der Waals surface area contributed by atoms with E-state index >= 15 is 0 Å². The molecule has 10 nitrogen and oxygen atoms in total. The Morgan fingerprint density at radius 1 is 1.15 bits per heavy atom. The molecule has 0 spiro atoms. The van der Waals surface area contributed by atoms with Gasteiger partial charge in [-0.25, -0.2) is 9.59 Å². The van der Waals surface area contributed by atoms with Crippen molar-refractivity contribution in [3.63, 3.8) is 0 Å². The van der Waals surface area contributed by atoms with Crippen LogP contribution in [0.3, 0.4) is 0 Å². The first-order valence-corrected chi connectivity index (χ1v) is 9.25. The zero-order valence-electron chi connectivity index (χ0n) is 14.9.